The van der Waals surface area contributed by atoms with Gasteiger partial charge in [0.25, 0.3) is 0 Å². The molecule has 0 saturated carbocycles. The Labute approximate surface area is 123 Å². The number of furan rings is 1. The summed E-state index contributed by atoms with van der Waals surface area (Å²) in [7, 11) is 0. The molecule has 4 heteroatoms. The van der Waals surface area contributed by atoms with Gasteiger partial charge >= 0.3 is 0 Å². The molecular formula is C17H19N3O. The quantitative estimate of drug-likeness (QED) is 0.799. The van der Waals surface area contributed by atoms with Crippen LogP contribution < -0.4 is 5.32 Å². The smallest absolute Gasteiger partial charge is 0.134 e. The summed E-state index contributed by atoms with van der Waals surface area (Å²) >= 11 is 0. The Morgan fingerprint density at radius 1 is 1.33 bits per heavy atom. The largest absolute Gasteiger partial charge is 0.460 e. The van der Waals surface area contributed by atoms with E-state index in [-0.39, 0.29) is 0 Å². The van der Waals surface area contributed by atoms with Gasteiger partial charge in [-0.05, 0) is 24.5 Å². The van der Waals surface area contributed by atoms with E-state index in [4.69, 9.17) is 4.42 Å². The van der Waals surface area contributed by atoms with Crippen LogP contribution in [0.5, 0.6) is 0 Å². The van der Waals surface area contributed by atoms with E-state index in [1.165, 1.54) is 17.6 Å². The lowest BCUT2D eigenvalue weighted by molar-refractivity contribution is 0.342. The van der Waals surface area contributed by atoms with Crippen LogP contribution in [0, 0.1) is 5.92 Å². The van der Waals surface area contributed by atoms with E-state index in [9.17, 15) is 0 Å². The summed E-state index contributed by atoms with van der Waals surface area (Å²) in [6.45, 7) is 2.89. The van der Waals surface area contributed by atoms with Gasteiger partial charge in [-0.1, -0.05) is 18.2 Å². The second-order valence-corrected chi connectivity index (χ2v) is 5.78. The SMILES string of the molecule is c1ccc2oc(CNC[C@H]3CCc4nccn4C3)cc2c1. The van der Waals surface area contributed by atoms with Gasteiger partial charge < -0.3 is 14.3 Å². The van der Waals surface area contributed by atoms with Crippen LogP contribution >= 0.6 is 0 Å². The minimum atomic E-state index is 0.677. The summed E-state index contributed by atoms with van der Waals surface area (Å²) in [4.78, 5) is 4.37. The third-order valence-electron chi connectivity index (χ3n) is 4.24. The molecule has 4 nitrogen and oxygen atoms in total. The van der Waals surface area contributed by atoms with Crippen molar-refractivity contribution in [1.29, 1.82) is 0 Å². The van der Waals surface area contributed by atoms with E-state index in [2.05, 4.69) is 33.2 Å². The topological polar surface area (TPSA) is 43.0 Å². The maximum absolute atomic E-state index is 5.82. The third-order valence-corrected chi connectivity index (χ3v) is 4.24. The lowest BCUT2D eigenvalue weighted by Crippen LogP contribution is -2.29. The summed E-state index contributed by atoms with van der Waals surface area (Å²) < 4.78 is 8.10. The number of aryl methyl sites for hydroxylation is 1. The molecule has 1 aliphatic heterocycles. The number of benzene rings is 1. The molecule has 1 atom stereocenters. The second-order valence-electron chi connectivity index (χ2n) is 5.78. The Morgan fingerprint density at radius 3 is 3.24 bits per heavy atom. The van der Waals surface area contributed by atoms with Crippen LogP contribution in [0.25, 0.3) is 11.0 Å². The zero-order chi connectivity index (χ0) is 14.1. The Kier molecular flexibility index (Phi) is 3.24. The molecular weight excluding hydrogens is 262 g/mol. The molecule has 1 N–H and O–H groups in total. The minimum absolute atomic E-state index is 0.677. The van der Waals surface area contributed by atoms with Gasteiger partial charge in [0, 0.05) is 37.3 Å². The summed E-state index contributed by atoms with van der Waals surface area (Å²) in [5.41, 5.74) is 0.968. The van der Waals surface area contributed by atoms with Gasteiger partial charge in [-0.2, -0.15) is 0 Å². The molecule has 0 aliphatic carbocycles. The number of para-hydroxylation sites is 1. The molecule has 21 heavy (non-hydrogen) atoms. The average molecular weight is 281 g/mol. The van der Waals surface area contributed by atoms with Crippen molar-refractivity contribution in [2.45, 2.75) is 25.9 Å². The predicted octanol–water partition coefficient (Wildman–Crippen LogP) is 2.98. The van der Waals surface area contributed by atoms with E-state index in [1.54, 1.807) is 0 Å². The average Bonchev–Trinajstić information content (AvgIpc) is 3.12. The minimum Gasteiger partial charge on any atom is -0.460 e. The van der Waals surface area contributed by atoms with E-state index in [1.807, 2.05) is 24.4 Å². The van der Waals surface area contributed by atoms with Crippen molar-refractivity contribution in [3.05, 3.63) is 54.3 Å². The van der Waals surface area contributed by atoms with Crippen molar-refractivity contribution in [2.75, 3.05) is 6.54 Å². The Morgan fingerprint density at radius 2 is 2.29 bits per heavy atom. The first-order valence-corrected chi connectivity index (χ1v) is 7.57. The van der Waals surface area contributed by atoms with Crippen molar-refractivity contribution in [1.82, 2.24) is 14.9 Å². The van der Waals surface area contributed by atoms with Crippen molar-refractivity contribution in [3.63, 3.8) is 0 Å². The highest BCUT2D eigenvalue weighted by Gasteiger charge is 2.18. The molecule has 4 rings (SSSR count). The Bertz CT molecular complexity index is 710. The van der Waals surface area contributed by atoms with E-state index >= 15 is 0 Å². The lowest BCUT2D eigenvalue weighted by Gasteiger charge is -2.23. The Hall–Kier alpha value is -2.07. The van der Waals surface area contributed by atoms with Crippen LogP contribution in [0.1, 0.15) is 18.0 Å². The standard InChI is InChI=1S/C17H19N3O/c1-2-4-16-14(3-1)9-15(21-16)11-18-10-13-5-6-17-19-7-8-20(17)12-13/h1-4,7-9,13,18H,5-6,10-12H2/t13-/m1/s1. The molecule has 0 saturated heterocycles. The molecule has 0 bridgehead atoms. The van der Waals surface area contributed by atoms with Crippen LogP contribution in [-0.4, -0.2) is 16.1 Å². The monoisotopic (exact) mass is 281 g/mol. The number of imidazole rings is 1. The molecule has 3 heterocycles. The molecule has 0 radical (unpaired) electrons. The first-order chi connectivity index (χ1) is 10.4. The first-order valence-electron chi connectivity index (χ1n) is 7.57. The molecule has 1 aromatic carbocycles. The molecule has 2 aromatic heterocycles. The maximum Gasteiger partial charge on any atom is 0.134 e. The van der Waals surface area contributed by atoms with Crippen LogP contribution in [-0.2, 0) is 19.5 Å². The van der Waals surface area contributed by atoms with Crippen LogP contribution in [0.2, 0.25) is 0 Å². The number of nitrogens with one attached hydrogen (secondary N) is 1. The first kappa shape index (κ1) is 12.7. The predicted molar refractivity (Wildman–Crippen MR) is 82.0 cm³/mol. The highest BCUT2D eigenvalue weighted by Crippen LogP contribution is 2.20. The van der Waals surface area contributed by atoms with Crippen LogP contribution in [0.15, 0.2) is 47.1 Å². The number of nitrogens with zero attached hydrogens (tertiary/aromatic N) is 2. The van der Waals surface area contributed by atoms with Gasteiger partial charge in [0.15, 0.2) is 0 Å². The van der Waals surface area contributed by atoms with E-state index in [0.717, 1.165) is 37.4 Å². The molecule has 1 aliphatic rings. The number of hydrogen-bond acceptors (Lipinski definition) is 3. The normalized spacial score (nSPS) is 18.0. The van der Waals surface area contributed by atoms with Crippen LogP contribution in [0.3, 0.4) is 0 Å². The van der Waals surface area contributed by atoms with Gasteiger partial charge in [-0.25, -0.2) is 4.98 Å². The fourth-order valence-electron chi connectivity index (χ4n) is 3.13. The Balaban J connectivity index is 1.33. The lowest BCUT2D eigenvalue weighted by atomic mass is 9.99. The second kappa shape index (κ2) is 5.37. The summed E-state index contributed by atoms with van der Waals surface area (Å²) in [5.74, 6) is 2.91. The van der Waals surface area contributed by atoms with Crippen LogP contribution in [0.4, 0.5) is 0 Å². The van der Waals surface area contributed by atoms with Crippen molar-refractivity contribution < 1.29 is 4.42 Å². The number of hydrogen-bond donors (Lipinski definition) is 1. The molecule has 108 valence electrons. The molecule has 0 spiro atoms. The fraction of sp³-hybridized carbons (Fsp3) is 0.353. The molecule has 0 amide bonds. The van der Waals surface area contributed by atoms with Gasteiger partial charge in [-0.15, -0.1) is 0 Å². The van der Waals surface area contributed by atoms with Crippen molar-refractivity contribution >= 4 is 11.0 Å². The van der Waals surface area contributed by atoms with Gasteiger partial charge in [-0.3, -0.25) is 0 Å². The summed E-state index contributed by atoms with van der Waals surface area (Å²) in [6, 6.07) is 10.3. The number of rotatable bonds is 4. The summed E-state index contributed by atoms with van der Waals surface area (Å²) in [5, 5.41) is 4.70. The third kappa shape index (κ3) is 2.59. The van der Waals surface area contributed by atoms with Crippen molar-refractivity contribution in [3.8, 4) is 0 Å². The zero-order valence-corrected chi connectivity index (χ0v) is 12.0. The molecule has 0 unspecified atom stereocenters. The van der Waals surface area contributed by atoms with E-state index < -0.39 is 0 Å². The number of fused-ring (bicyclic) bond motifs is 2. The highest BCUT2D eigenvalue weighted by molar-refractivity contribution is 5.77. The zero-order valence-electron chi connectivity index (χ0n) is 12.0. The van der Waals surface area contributed by atoms with Gasteiger partial charge in [0.1, 0.15) is 17.2 Å². The van der Waals surface area contributed by atoms with Gasteiger partial charge in [0.05, 0.1) is 6.54 Å². The number of aromatic nitrogens is 2. The molecule has 0 fully saturated rings. The van der Waals surface area contributed by atoms with Gasteiger partial charge in [0.2, 0.25) is 0 Å². The molecule has 3 aromatic rings. The highest BCUT2D eigenvalue weighted by atomic mass is 16.3. The van der Waals surface area contributed by atoms with Crippen molar-refractivity contribution in [2.24, 2.45) is 5.92 Å². The summed E-state index contributed by atoms with van der Waals surface area (Å²) in [6.07, 6.45) is 6.29. The maximum atomic E-state index is 5.82. The fourth-order valence-corrected chi connectivity index (χ4v) is 3.13. The van der Waals surface area contributed by atoms with E-state index in [0.29, 0.717) is 5.92 Å².